The highest BCUT2D eigenvalue weighted by Gasteiger charge is 2.14. The predicted octanol–water partition coefficient (Wildman–Crippen LogP) is 4.15. The Bertz CT molecular complexity index is 825. The number of nitrogens with one attached hydrogen (secondary N) is 1. The normalized spacial score (nSPS) is 11.9. The molecule has 0 aliphatic carbocycles. The number of ether oxygens (including phenoxy) is 1. The number of carbonyl (C=O) groups is 1. The molecule has 3 aromatic rings. The predicted molar refractivity (Wildman–Crippen MR) is 106 cm³/mol. The minimum absolute atomic E-state index is 0.0228. The van der Waals surface area contributed by atoms with E-state index in [0.717, 1.165) is 25.9 Å². The van der Waals surface area contributed by atoms with Crippen LogP contribution in [0.3, 0.4) is 0 Å². The van der Waals surface area contributed by atoms with E-state index in [1.807, 2.05) is 53.9 Å². The molecule has 2 aromatic heterocycles. The molecule has 26 heavy (non-hydrogen) atoms. The van der Waals surface area contributed by atoms with Crippen molar-refractivity contribution in [3.63, 3.8) is 0 Å². The van der Waals surface area contributed by atoms with E-state index in [1.54, 1.807) is 7.11 Å². The molecule has 1 atom stereocenters. The van der Waals surface area contributed by atoms with Gasteiger partial charge in [-0.25, -0.2) is 0 Å². The quantitative estimate of drug-likeness (QED) is 0.610. The van der Waals surface area contributed by atoms with E-state index in [4.69, 9.17) is 4.74 Å². The molecular weight excluding hydrogens is 366 g/mol. The van der Waals surface area contributed by atoms with E-state index in [1.165, 1.54) is 22.7 Å². The van der Waals surface area contributed by atoms with Gasteiger partial charge in [0.2, 0.25) is 5.91 Å². The van der Waals surface area contributed by atoms with Crippen molar-refractivity contribution in [2.45, 2.75) is 25.5 Å². The molecule has 0 bridgehead atoms. The monoisotopic (exact) mass is 387 g/mol. The van der Waals surface area contributed by atoms with Gasteiger partial charge in [0.15, 0.2) is 0 Å². The summed E-state index contributed by atoms with van der Waals surface area (Å²) in [5.41, 5.74) is 1.11. The molecule has 1 aromatic carbocycles. The van der Waals surface area contributed by atoms with Gasteiger partial charge in [-0.15, -0.1) is 22.7 Å². The first-order chi connectivity index (χ1) is 12.7. The maximum atomic E-state index is 12.1. The average molecular weight is 388 g/mol. The lowest BCUT2D eigenvalue weighted by Crippen LogP contribution is -2.22. The first kappa shape index (κ1) is 18.6. The fourth-order valence-corrected chi connectivity index (χ4v) is 4.31. The third-order valence-corrected chi connectivity index (χ3v) is 6.09. The summed E-state index contributed by atoms with van der Waals surface area (Å²) >= 11 is 3.07. The lowest BCUT2D eigenvalue weighted by atomic mass is 10.1. The van der Waals surface area contributed by atoms with E-state index < -0.39 is 6.10 Å². The van der Waals surface area contributed by atoms with Gasteiger partial charge in [0.05, 0.1) is 13.7 Å². The zero-order valence-electron chi connectivity index (χ0n) is 14.5. The number of benzene rings is 1. The van der Waals surface area contributed by atoms with Crippen molar-refractivity contribution < 1.29 is 14.6 Å². The van der Waals surface area contributed by atoms with Crippen molar-refractivity contribution >= 4 is 28.6 Å². The van der Waals surface area contributed by atoms with E-state index in [9.17, 15) is 9.90 Å². The molecule has 136 valence electrons. The summed E-state index contributed by atoms with van der Waals surface area (Å²) in [4.78, 5) is 14.9. The van der Waals surface area contributed by atoms with Crippen LogP contribution >= 0.6 is 22.7 Å². The first-order valence-electron chi connectivity index (χ1n) is 8.35. The summed E-state index contributed by atoms with van der Waals surface area (Å²) in [6.45, 7) is 0.489. The molecule has 4 nitrogen and oxygen atoms in total. The maximum absolute atomic E-state index is 12.1. The molecule has 6 heteroatoms. The molecule has 2 heterocycles. The van der Waals surface area contributed by atoms with E-state index in [0.29, 0.717) is 19.4 Å². The molecule has 1 unspecified atom stereocenters. The van der Waals surface area contributed by atoms with Crippen molar-refractivity contribution in [2.24, 2.45) is 0 Å². The van der Waals surface area contributed by atoms with Crippen molar-refractivity contribution in [1.82, 2.24) is 5.32 Å². The molecule has 3 rings (SSSR count). The van der Waals surface area contributed by atoms with Gasteiger partial charge in [-0.1, -0.05) is 18.2 Å². The zero-order valence-corrected chi connectivity index (χ0v) is 16.1. The summed E-state index contributed by atoms with van der Waals surface area (Å²) in [5.74, 6) is 0.839. The first-order valence-corrected chi connectivity index (χ1v) is 10.0. The molecule has 0 saturated carbocycles. The molecule has 0 saturated heterocycles. The van der Waals surface area contributed by atoms with Gasteiger partial charge >= 0.3 is 0 Å². The summed E-state index contributed by atoms with van der Waals surface area (Å²) in [7, 11) is 1.64. The minimum Gasteiger partial charge on any atom is -0.497 e. The minimum atomic E-state index is -0.584. The Hall–Kier alpha value is -2.15. The summed E-state index contributed by atoms with van der Waals surface area (Å²) < 4.78 is 5.13. The van der Waals surface area contributed by atoms with Gasteiger partial charge in [-0.2, -0.15) is 0 Å². The van der Waals surface area contributed by atoms with Crippen LogP contribution in [0.15, 0.2) is 53.9 Å². The Kier molecular flexibility index (Phi) is 6.44. The molecule has 1 amide bonds. The second kappa shape index (κ2) is 8.98. The number of hydrogen-bond acceptors (Lipinski definition) is 5. The number of aliphatic hydroxyl groups excluding tert-OH is 1. The summed E-state index contributed by atoms with van der Waals surface area (Å²) in [6.07, 6.45) is 0.560. The van der Waals surface area contributed by atoms with Crippen LogP contribution in [0, 0.1) is 0 Å². The van der Waals surface area contributed by atoms with E-state index in [2.05, 4.69) is 5.32 Å². The number of carbonyl (C=O) groups excluding carboxylic acids is 1. The number of amides is 1. The third kappa shape index (κ3) is 4.94. The van der Waals surface area contributed by atoms with Crippen molar-refractivity contribution in [3.05, 3.63) is 74.1 Å². The number of methoxy groups -OCH3 is 1. The molecule has 0 spiro atoms. The summed E-state index contributed by atoms with van der Waals surface area (Å²) in [5, 5.41) is 15.2. The maximum Gasteiger partial charge on any atom is 0.220 e. The fourth-order valence-electron chi connectivity index (χ4n) is 2.55. The van der Waals surface area contributed by atoms with Crippen LogP contribution in [0.1, 0.15) is 32.7 Å². The Morgan fingerprint density at radius 1 is 1.15 bits per heavy atom. The highest BCUT2D eigenvalue weighted by Crippen LogP contribution is 2.30. The van der Waals surface area contributed by atoms with E-state index >= 15 is 0 Å². The topological polar surface area (TPSA) is 58.6 Å². The standard InChI is InChI=1S/C20H21NO3S2/c1-24-15-7-4-14(5-8-15)6-11-19(22)21-13-16-9-10-18(26-16)20(23)17-3-2-12-25-17/h2-5,7-10,12,20,23H,6,11,13H2,1H3,(H,21,22). The largest absolute Gasteiger partial charge is 0.497 e. The SMILES string of the molecule is COc1ccc(CCC(=O)NCc2ccc(C(O)c3cccs3)s2)cc1. The van der Waals surface area contributed by atoms with E-state index in [-0.39, 0.29) is 5.91 Å². The van der Waals surface area contributed by atoms with Gasteiger partial charge in [0.1, 0.15) is 11.9 Å². The lowest BCUT2D eigenvalue weighted by molar-refractivity contribution is -0.121. The Labute approximate surface area is 161 Å². The van der Waals surface area contributed by atoms with Crippen LogP contribution in [0.25, 0.3) is 0 Å². The van der Waals surface area contributed by atoms with Crippen LogP contribution in [-0.4, -0.2) is 18.1 Å². The van der Waals surface area contributed by atoms with Gasteiger partial charge in [-0.05, 0) is 47.7 Å². The Morgan fingerprint density at radius 2 is 1.96 bits per heavy atom. The third-order valence-electron chi connectivity index (χ3n) is 4.02. The van der Waals surface area contributed by atoms with Gasteiger partial charge in [0.25, 0.3) is 0 Å². The fraction of sp³-hybridized carbons (Fsp3) is 0.250. The van der Waals surface area contributed by atoms with Crippen molar-refractivity contribution in [3.8, 4) is 5.75 Å². The zero-order chi connectivity index (χ0) is 18.4. The van der Waals surface area contributed by atoms with Gasteiger partial charge in [0, 0.05) is 21.1 Å². The van der Waals surface area contributed by atoms with Crippen molar-refractivity contribution in [1.29, 1.82) is 0 Å². The van der Waals surface area contributed by atoms with Crippen LogP contribution < -0.4 is 10.1 Å². The Balaban J connectivity index is 1.45. The van der Waals surface area contributed by atoms with Crippen LogP contribution in [-0.2, 0) is 17.8 Å². The number of aliphatic hydroxyl groups is 1. The Morgan fingerprint density at radius 3 is 2.65 bits per heavy atom. The number of aryl methyl sites for hydroxylation is 1. The molecule has 0 aliphatic rings. The number of hydrogen-bond donors (Lipinski definition) is 2. The second-order valence-corrected chi connectivity index (χ2v) is 8.03. The second-order valence-electron chi connectivity index (χ2n) is 5.85. The highest BCUT2D eigenvalue weighted by atomic mass is 32.1. The highest BCUT2D eigenvalue weighted by molar-refractivity contribution is 7.12. The molecule has 0 fully saturated rings. The van der Waals surface area contributed by atoms with Crippen LogP contribution in [0.4, 0.5) is 0 Å². The average Bonchev–Trinajstić information content (AvgIpc) is 3.36. The lowest BCUT2D eigenvalue weighted by Gasteiger charge is -2.06. The van der Waals surface area contributed by atoms with Crippen LogP contribution in [0.2, 0.25) is 0 Å². The van der Waals surface area contributed by atoms with Crippen molar-refractivity contribution in [2.75, 3.05) is 7.11 Å². The summed E-state index contributed by atoms with van der Waals surface area (Å²) in [6, 6.07) is 15.5. The molecular formula is C20H21NO3S2. The molecule has 0 aliphatic heterocycles. The smallest absolute Gasteiger partial charge is 0.220 e. The molecule has 2 N–H and O–H groups in total. The van der Waals surface area contributed by atoms with Gasteiger partial charge < -0.3 is 15.2 Å². The van der Waals surface area contributed by atoms with Crippen LogP contribution in [0.5, 0.6) is 5.75 Å². The number of rotatable bonds is 8. The number of thiophene rings is 2. The molecule has 0 radical (unpaired) electrons. The van der Waals surface area contributed by atoms with Gasteiger partial charge in [-0.3, -0.25) is 4.79 Å².